The first-order valence-electron chi connectivity index (χ1n) is 4.69. The SMILES string of the molecule is CC(=O)Nc1ccc(OCCCO)nc1. The summed E-state index contributed by atoms with van der Waals surface area (Å²) in [6.07, 6.45) is 2.10. The molecule has 1 aromatic heterocycles. The number of aliphatic hydroxyl groups is 1. The smallest absolute Gasteiger partial charge is 0.221 e. The number of nitrogens with one attached hydrogen (secondary N) is 1. The summed E-state index contributed by atoms with van der Waals surface area (Å²) >= 11 is 0. The van der Waals surface area contributed by atoms with Crippen LogP contribution in [0.1, 0.15) is 13.3 Å². The molecule has 0 bridgehead atoms. The third-order valence-corrected chi connectivity index (χ3v) is 1.61. The van der Waals surface area contributed by atoms with Crippen LogP contribution in [0.3, 0.4) is 0 Å². The van der Waals surface area contributed by atoms with Crippen molar-refractivity contribution < 1.29 is 14.6 Å². The van der Waals surface area contributed by atoms with E-state index in [0.29, 0.717) is 24.6 Å². The molecule has 1 heterocycles. The van der Waals surface area contributed by atoms with Crippen LogP contribution in [0.4, 0.5) is 5.69 Å². The number of carbonyl (C=O) groups excluding carboxylic acids is 1. The predicted molar refractivity (Wildman–Crippen MR) is 55.7 cm³/mol. The van der Waals surface area contributed by atoms with Gasteiger partial charge >= 0.3 is 0 Å². The van der Waals surface area contributed by atoms with Crippen LogP contribution in [0.5, 0.6) is 5.88 Å². The van der Waals surface area contributed by atoms with Gasteiger partial charge in [-0.15, -0.1) is 0 Å². The molecule has 0 fully saturated rings. The molecule has 82 valence electrons. The first-order chi connectivity index (χ1) is 7.22. The lowest BCUT2D eigenvalue weighted by Crippen LogP contribution is -2.06. The Hall–Kier alpha value is -1.62. The van der Waals surface area contributed by atoms with Gasteiger partial charge in [0.05, 0.1) is 18.5 Å². The predicted octanol–water partition coefficient (Wildman–Crippen LogP) is 0.801. The molecule has 0 spiro atoms. The minimum atomic E-state index is -0.134. The minimum Gasteiger partial charge on any atom is -0.478 e. The maximum absolute atomic E-state index is 10.7. The van der Waals surface area contributed by atoms with Crippen LogP contribution >= 0.6 is 0 Å². The summed E-state index contributed by atoms with van der Waals surface area (Å²) in [5, 5.41) is 11.1. The van der Waals surface area contributed by atoms with Gasteiger partial charge in [0.15, 0.2) is 0 Å². The van der Waals surface area contributed by atoms with Crippen LogP contribution < -0.4 is 10.1 Å². The number of anilines is 1. The summed E-state index contributed by atoms with van der Waals surface area (Å²) in [4.78, 5) is 14.7. The Bertz CT molecular complexity index is 311. The molecule has 1 aromatic rings. The standard InChI is InChI=1S/C10H14N2O3/c1-8(14)12-9-3-4-10(11-7-9)15-6-2-5-13/h3-4,7,13H,2,5-6H2,1H3,(H,12,14). The van der Waals surface area contributed by atoms with Crippen LogP contribution in [0, 0.1) is 0 Å². The number of aliphatic hydroxyl groups excluding tert-OH is 1. The topological polar surface area (TPSA) is 71.5 Å². The number of pyridine rings is 1. The van der Waals surface area contributed by atoms with Crippen molar-refractivity contribution >= 4 is 11.6 Å². The van der Waals surface area contributed by atoms with Gasteiger partial charge in [-0.25, -0.2) is 4.98 Å². The van der Waals surface area contributed by atoms with Gasteiger partial charge in [0.2, 0.25) is 11.8 Å². The number of amides is 1. The molecule has 0 saturated heterocycles. The van der Waals surface area contributed by atoms with Crippen molar-refractivity contribution in [1.82, 2.24) is 4.98 Å². The van der Waals surface area contributed by atoms with E-state index in [1.165, 1.54) is 13.1 Å². The summed E-state index contributed by atoms with van der Waals surface area (Å²) in [7, 11) is 0. The van der Waals surface area contributed by atoms with Crippen LogP contribution in [0.2, 0.25) is 0 Å². The zero-order valence-electron chi connectivity index (χ0n) is 8.56. The molecule has 0 aliphatic heterocycles. The van der Waals surface area contributed by atoms with Crippen molar-refractivity contribution in [2.24, 2.45) is 0 Å². The molecule has 0 unspecified atom stereocenters. The van der Waals surface area contributed by atoms with Gasteiger partial charge in [-0.1, -0.05) is 0 Å². The van der Waals surface area contributed by atoms with E-state index in [1.54, 1.807) is 12.1 Å². The fourth-order valence-corrected chi connectivity index (χ4v) is 0.984. The van der Waals surface area contributed by atoms with E-state index < -0.39 is 0 Å². The number of nitrogens with zero attached hydrogens (tertiary/aromatic N) is 1. The highest BCUT2D eigenvalue weighted by atomic mass is 16.5. The Morgan fingerprint density at radius 1 is 1.60 bits per heavy atom. The average Bonchev–Trinajstić information content (AvgIpc) is 2.20. The van der Waals surface area contributed by atoms with Crippen molar-refractivity contribution in [2.75, 3.05) is 18.5 Å². The second-order valence-corrected chi connectivity index (χ2v) is 2.99. The molecule has 5 heteroatoms. The van der Waals surface area contributed by atoms with Crippen LogP contribution in [0.25, 0.3) is 0 Å². The highest BCUT2D eigenvalue weighted by Crippen LogP contribution is 2.11. The maximum atomic E-state index is 10.7. The second-order valence-electron chi connectivity index (χ2n) is 2.99. The monoisotopic (exact) mass is 210 g/mol. The summed E-state index contributed by atoms with van der Waals surface area (Å²) in [5.41, 5.74) is 0.636. The van der Waals surface area contributed by atoms with Crippen molar-refractivity contribution in [3.63, 3.8) is 0 Å². The molecule has 0 radical (unpaired) electrons. The highest BCUT2D eigenvalue weighted by molar-refractivity contribution is 5.88. The molecule has 0 aliphatic rings. The molecule has 0 atom stereocenters. The molecular formula is C10H14N2O3. The number of rotatable bonds is 5. The number of ether oxygens (including phenoxy) is 1. The van der Waals surface area contributed by atoms with Gasteiger partial charge in [-0.2, -0.15) is 0 Å². The molecule has 15 heavy (non-hydrogen) atoms. The van der Waals surface area contributed by atoms with E-state index >= 15 is 0 Å². The Morgan fingerprint density at radius 2 is 2.40 bits per heavy atom. The largest absolute Gasteiger partial charge is 0.478 e. The van der Waals surface area contributed by atoms with Crippen LogP contribution in [-0.2, 0) is 4.79 Å². The summed E-state index contributed by atoms with van der Waals surface area (Å²) in [6, 6.07) is 3.38. The molecule has 1 amide bonds. The van der Waals surface area contributed by atoms with E-state index in [-0.39, 0.29) is 12.5 Å². The summed E-state index contributed by atoms with van der Waals surface area (Å²) in [5.74, 6) is 0.350. The minimum absolute atomic E-state index is 0.101. The molecule has 5 nitrogen and oxygen atoms in total. The lowest BCUT2D eigenvalue weighted by Gasteiger charge is -2.05. The Balaban J connectivity index is 2.45. The second kappa shape index (κ2) is 5.98. The fourth-order valence-electron chi connectivity index (χ4n) is 0.984. The third kappa shape index (κ3) is 4.42. The first kappa shape index (κ1) is 11.5. The van der Waals surface area contributed by atoms with E-state index in [0.717, 1.165) is 0 Å². The number of carbonyl (C=O) groups is 1. The van der Waals surface area contributed by atoms with Crippen molar-refractivity contribution in [3.05, 3.63) is 18.3 Å². The quantitative estimate of drug-likeness (QED) is 0.705. The third-order valence-electron chi connectivity index (χ3n) is 1.61. The molecule has 0 aromatic carbocycles. The zero-order valence-corrected chi connectivity index (χ0v) is 8.56. The van der Waals surface area contributed by atoms with Crippen molar-refractivity contribution in [3.8, 4) is 5.88 Å². The van der Waals surface area contributed by atoms with Crippen molar-refractivity contribution in [1.29, 1.82) is 0 Å². The number of aromatic nitrogens is 1. The van der Waals surface area contributed by atoms with E-state index in [9.17, 15) is 4.79 Å². The summed E-state index contributed by atoms with van der Waals surface area (Å²) in [6.45, 7) is 1.97. The number of hydrogen-bond acceptors (Lipinski definition) is 4. The van der Waals surface area contributed by atoms with Gasteiger partial charge in [-0.3, -0.25) is 4.79 Å². The van der Waals surface area contributed by atoms with Crippen LogP contribution in [-0.4, -0.2) is 29.2 Å². The Kier molecular flexibility index (Phi) is 4.56. The fraction of sp³-hybridized carbons (Fsp3) is 0.400. The lowest BCUT2D eigenvalue weighted by molar-refractivity contribution is -0.114. The summed E-state index contributed by atoms with van der Waals surface area (Å²) < 4.78 is 5.22. The average molecular weight is 210 g/mol. The Labute approximate surface area is 88.1 Å². The molecule has 0 saturated carbocycles. The van der Waals surface area contributed by atoms with E-state index in [2.05, 4.69) is 10.3 Å². The molecule has 2 N–H and O–H groups in total. The van der Waals surface area contributed by atoms with Crippen molar-refractivity contribution in [2.45, 2.75) is 13.3 Å². The molecular weight excluding hydrogens is 196 g/mol. The van der Waals surface area contributed by atoms with Gasteiger partial charge in [0.1, 0.15) is 0 Å². The van der Waals surface area contributed by atoms with Gasteiger partial charge in [0.25, 0.3) is 0 Å². The van der Waals surface area contributed by atoms with E-state index in [1.807, 2.05) is 0 Å². The molecule has 0 aliphatic carbocycles. The first-order valence-corrected chi connectivity index (χ1v) is 4.69. The van der Waals surface area contributed by atoms with Gasteiger partial charge in [-0.05, 0) is 6.07 Å². The Morgan fingerprint density at radius 3 is 2.93 bits per heavy atom. The van der Waals surface area contributed by atoms with Crippen LogP contribution in [0.15, 0.2) is 18.3 Å². The van der Waals surface area contributed by atoms with E-state index in [4.69, 9.17) is 9.84 Å². The van der Waals surface area contributed by atoms with Gasteiger partial charge < -0.3 is 15.2 Å². The maximum Gasteiger partial charge on any atom is 0.221 e. The van der Waals surface area contributed by atoms with Gasteiger partial charge in [0, 0.05) is 26.0 Å². The normalized spacial score (nSPS) is 9.73. The molecule has 1 rings (SSSR count). The lowest BCUT2D eigenvalue weighted by atomic mass is 10.4. The highest BCUT2D eigenvalue weighted by Gasteiger charge is 1.97. The number of hydrogen-bond donors (Lipinski definition) is 2. The zero-order chi connectivity index (χ0) is 11.1.